The van der Waals surface area contributed by atoms with Gasteiger partial charge >= 0.3 is 0 Å². The van der Waals surface area contributed by atoms with E-state index in [0.29, 0.717) is 12.5 Å². The first-order chi connectivity index (χ1) is 10.2. The van der Waals surface area contributed by atoms with Gasteiger partial charge in [-0.1, -0.05) is 35.4 Å². The van der Waals surface area contributed by atoms with Crippen LogP contribution >= 0.6 is 0 Å². The number of hydrogen-bond acceptors (Lipinski definition) is 4. The van der Waals surface area contributed by atoms with Crippen molar-refractivity contribution in [2.24, 2.45) is 0 Å². The van der Waals surface area contributed by atoms with Crippen LogP contribution in [0.2, 0.25) is 0 Å². The molecule has 0 radical (unpaired) electrons. The summed E-state index contributed by atoms with van der Waals surface area (Å²) in [5.74, 6) is 0.356. The van der Waals surface area contributed by atoms with Crippen LogP contribution in [0.4, 0.5) is 10.3 Å². The average molecular weight is 283 g/mol. The summed E-state index contributed by atoms with van der Waals surface area (Å²) < 4.78 is 14.9. The van der Waals surface area contributed by atoms with E-state index in [1.165, 1.54) is 12.1 Å². The van der Waals surface area contributed by atoms with Gasteiger partial charge in [-0.15, -0.1) is 0 Å². The molecule has 6 heteroatoms. The summed E-state index contributed by atoms with van der Waals surface area (Å²) in [7, 11) is 1.87. The van der Waals surface area contributed by atoms with E-state index >= 15 is 0 Å². The Morgan fingerprint density at radius 3 is 2.67 bits per heavy atom. The molecule has 1 aromatic heterocycles. The van der Waals surface area contributed by atoms with E-state index in [1.807, 2.05) is 48.3 Å². The lowest BCUT2D eigenvalue weighted by molar-refractivity contribution is 0.625. The molecule has 3 aromatic rings. The summed E-state index contributed by atoms with van der Waals surface area (Å²) in [6, 6.07) is 16.1. The summed E-state index contributed by atoms with van der Waals surface area (Å²) in [6.45, 7) is 0.519. The Balaban J connectivity index is 1.86. The Labute approximate surface area is 121 Å². The van der Waals surface area contributed by atoms with E-state index in [0.717, 1.165) is 11.3 Å². The molecule has 0 saturated carbocycles. The second kappa shape index (κ2) is 5.70. The lowest BCUT2D eigenvalue weighted by Crippen LogP contribution is -2.20. The third-order valence-electron chi connectivity index (χ3n) is 3.10. The summed E-state index contributed by atoms with van der Waals surface area (Å²) in [6.07, 6.45) is 0. The van der Waals surface area contributed by atoms with Gasteiger partial charge in [-0.25, -0.2) is 4.39 Å². The molecule has 0 spiro atoms. The van der Waals surface area contributed by atoms with Crippen molar-refractivity contribution in [1.29, 1.82) is 0 Å². The summed E-state index contributed by atoms with van der Waals surface area (Å²) >= 11 is 0. The molecule has 0 unspecified atom stereocenters. The third kappa shape index (κ3) is 2.89. The largest absolute Gasteiger partial charge is 0.338 e. The van der Waals surface area contributed by atoms with Gasteiger partial charge in [0.2, 0.25) is 5.95 Å². The fourth-order valence-electron chi connectivity index (χ4n) is 2.14. The van der Waals surface area contributed by atoms with Crippen molar-refractivity contribution < 1.29 is 4.39 Å². The molecule has 0 N–H and O–H groups in total. The first-order valence-corrected chi connectivity index (χ1v) is 6.53. The lowest BCUT2D eigenvalue weighted by Gasteiger charge is -2.17. The van der Waals surface area contributed by atoms with Crippen molar-refractivity contribution in [2.45, 2.75) is 6.54 Å². The molecule has 0 aliphatic heterocycles. The minimum atomic E-state index is -0.247. The minimum Gasteiger partial charge on any atom is -0.338 e. The fraction of sp³-hybridized carbons (Fsp3) is 0.133. The number of nitrogens with zero attached hydrogens (tertiary/aromatic N) is 5. The number of rotatable bonds is 4. The molecule has 5 nitrogen and oxygen atoms in total. The predicted molar refractivity (Wildman–Crippen MR) is 77.7 cm³/mol. The van der Waals surface area contributed by atoms with Gasteiger partial charge < -0.3 is 4.90 Å². The lowest BCUT2D eigenvalue weighted by atomic mass is 10.2. The van der Waals surface area contributed by atoms with Crippen molar-refractivity contribution in [3.05, 3.63) is 66.0 Å². The normalized spacial score (nSPS) is 10.6. The highest BCUT2D eigenvalue weighted by molar-refractivity contribution is 5.40. The molecule has 0 bridgehead atoms. The van der Waals surface area contributed by atoms with Crippen molar-refractivity contribution in [3.63, 3.8) is 0 Å². The number of halogens is 1. The number of anilines is 1. The number of benzene rings is 2. The maximum atomic E-state index is 13.2. The molecule has 106 valence electrons. The summed E-state index contributed by atoms with van der Waals surface area (Å²) in [5, 5.41) is 11.8. The zero-order chi connectivity index (χ0) is 14.7. The molecule has 1 heterocycles. The molecule has 0 amide bonds. The SMILES string of the molecule is CN(Cc1cccc(F)c1)c1nnnn1-c1ccccc1. The monoisotopic (exact) mass is 283 g/mol. The smallest absolute Gasteiger partial charge is 0.250 e. The summed E-state index contributed by atoms with van der Waals surface area (Å²) in [4.78, 5) is 1.88. The Hall–Kier alpha value is -2.76. The number of hydrogen-bond donors (Lipinski definition) is 0. The molecule has 0 aliphatic rings. The van der Waals surface area contributed by atoms with Gasteiger partial charge in [0.1, 0.15) is 5.82 Å². The maximum absolute atomic E-state index is 13.2. The zero-order valence-electron chi connectivity index (χ0n) is 11.5. The molecule has 3 rings (SSSR count). The second-order valence-corrected chi connectivity index (χ2v) is 4.71. The van der Waals surface area contributed by atoms with Crippen LogP contribution in [0.15, 0.2) is 54.6 Å². The van der Waals surface area contributed by atoms with Gasteiger partial charge in [0.15, 0.2) is 0 Å². The van der Waals surface area contributed by atoms with Crippen LogP contribution in [0, 0.1) is 5.82 Å². The maximum Gasteiger partial charge on any atom is 0.250 e. The van der Waals surface area contributed by atoms with Gasteiger partial charge in [0.05, 0.1) is 5.69 Å². The van der Waals surface area contributed by atoms with E-state index in [-0.39, 0.29) is 5.82 Å². The summed E-state index contributed by atoms with van der Waals surface area (Å²) in [5.41, 5.74) is 1.74. The van der Waals surface area contributed by atoms with E-state index < -0.39 is 0 Å². The molecule has 21 heavy (non-hydrogen) atoms. The van der Waals surface area contributed by atoms with Gasteiger partial charge in [0, 0.05) is 13.6 Å². The van der Waals surface area contributed by atoms with E-state index in [1.54, 1.807) is 10.7 Å². The van der Waals surface area contributed by atoms with Crippen LogP contribution in [0.3, 0.4) is 0 Å². The van der Waals surface area contributed by atoms with Gasteiger partial charge in [0.25, 0.3) is 0 Å². The molecule has 0 saturated heterocycles. The highest BCUT2D eigenvalue weighted by atomic mass is 19.1. The number of aromatic nitrogens is 4. The quantitative estimate of drug-likeness (QED) is 0.738. The van der Waals surface area contributed by atoms with E-state index in [2.05, 4.69) is 15.5 Å². The highest BCUT2D eigenvalue weighted by Crippen LogP contribution is 2.16. The minimum absolute atomic E-state index is 0.247. The van der Waals surface area contributed by atoms with Gasteiger partial charge in [-0.3, -0.25) is 0 Å². The van der Waals surface area contributed by atoms with Crippen LogP contribution in [0.5, 0.6) is 0 Å². The average Bonchev–Trinajstić information content (AvgIpc) is 2.98. The molecular weight excluding hydrogens is 269 g/mol. The molecule has 0 atom stereocenters. The van der Waals surface area contributed by atoms with Crippen LogP contribution in [0.25, 0.3) is 5.69 Å². The van der Waals surface area contributed by atoms with Gasteiger partial charge in [-0.2, -0.15) is 4.68 Å². The highest BCUT2D eigenvalue weighted by Gasteiger charge is 2.13. The van der Waals surface area contributed by atoms with Crippen LogP contribution in [-0.2, 0) is 6.54 Å². The second-order valence-electron chi connectivity index (χ2n) is 4.71. The Morgan fingerprint density at radius 2 is 1.90 bits per heavy atom. The first kappa shape index (κ1) is 13.2. The molecule has 2 aromatic carbocycles. The standard InChI is InChI=1S/C15H14FN5/c1-20(11-12-6-5-7-13(16)10-12)15-17-18-19-21(15)14-8-3-2-4-9-14/h2-10H,11H2,1H3. The predicted octanol–water partition coefficient (Wildman–Crippen LogP) is 2.44. The topological polar surface area (TPSA) is 46.8 Å². The van der Waals surface area contributed by atoms with Crippen molar-refractivity contribution in [3.8, 4) is 5.69 Å². The molecular formula is C15H14FN5. The Morgan fingerprint density at radius 1 is 1.10 bits per heavy atom. The van der Waals surface area contributed by atoms with Crippen LogP contribution in [0.1, 0.15) is 5.56 Å². The Bertz CT molecular complexity index is 726. The van der Waals surface area contributed by atoms with E-state index in [9.17, 15) is 4.39 Å². The van der Waals surface area contributed by atoms with Crippen LogP contribution in [-0.4, -0.2) is 27.3 Å². The third-order valence-corrected chi connectivity index (χ3v) is 3.10. The number of para-hydroxylation sites is 1. The zero-order valence-corrected chi connectivity index (χ0v) is 11.5. The molecule has 0 fully saturated rings. The number of tetrazole rings is 1. The van der Waals surface area contributed by atoms with Crippen molar-refractivity contribution in [1.82, 2.24) is 20.2 Å². The van der Waals surface area contributed by atoms with Crippen molar-refractivity contribution >= 4 is 5.95 Å². The van der Waals surface area contributed by atoms with Crippen molar-refractivity contribution in [2.75, 3.05) is 11.9 Å². The Kier molecular flexibility index (Phi) is 3.59. The fourth-order valence-corrected chi connectivity index (χ4v) is 2.14. The van der Waals surface area contributed by atoms with Gasteiger partial charge in [-0.05, 0) is 40.3 Å². The van der Waals surface area contributed by atoms with Crippen LogP contribution < -0.4 is 4.90 Å². The first-order valence-electron chi connectivity index (χ1n) is 6.53. The molecule has 0 aliphatic carbocycles. The van der Waals surface area contributed by atoms with E-state index in [4.69, 9.17) is 0 Å².